The molecule has 0 spiro atoms. The number of likely N-dealkylation sites (N-methyl/N-ethyl adjacent to an activating group) is 1. The number of oxime groups is 1. The number of ether oxygens (including phenoxy) is 3. The van der Waals surface area contributed by atoms with Crippen molar-refractivity contribution in [3.8, 4) is 11.5 Å². The fraction of sp³-hybridized carbons (Fsp3) is 0.561. The molecule has 2 aromatic rings. The van der Waals surface area contributed by atoms with E-state index < -0.39 is 11.8 Å². The van der Waals surface area contributed by atoms with Gasteiger partial charge in [-0.3, -0.25) is 4.79 Å². The molecule has 10 heteroatoms. The summed E-state index contributed by atoms with van der Waals surface area (Å²) in [4.78, 5) is 22.3. The average Bonchev–Trinajstić information content (AvgIpc) is 4.00. The van der Waals surface area contributed by atoms with Gasteiger partial charge in [-0.15, -0.1) is 18.3 Å². The molecule has 9 nitrogen and oxygen atoms in total. The van der Waals surface area contributed by atoms with Gasteiger partial charge in [-0.1, -0.05) is 48.3 Å². The summed E-state index contributed by atoms with van der Waals surface area (Å²) in [6, 6.07) is 16.0. The van der Waals surface area contributed by atoms with Gasteiger partial charge in [0, 0.05) is 54.7 Å². The van der Waals surface area contributed by atoms with Crippen LogP contribution in [0.15, 0.2) is 82.9 Å². The first-order valence-electron chi connectivity index (χ1n) is 18.6. The standard InChI is InChI=1S/C41H54N2O7S/c1-4-22-49-41-37(43(2)40(46)28-16-17-28)27-35(42-47-3)33-25-29(12-8-10-20-44)32(15-9-11-21-45)38(39(33)41)34-26-30(18-19-36(34)50-41)48-23-24-51-31-13-6-5-7-14-31/h4-7,13-14,18-19,25-26,28-29,32,37-39,44-45H,1,8-12,15-17,20-24,27H2,2-3H3/t29-,32+,37-,38+,39+,41+/m0/s1. The van der Waals surface area contributed by atoms with Gasteiger partial charge in [0.1, 0.15) is 24.7 Å². The number of carbonyl (C=O) groups excluding carboxylic acids is 1. The van der Waals surface area contributed by atoms with Crippen LogP contribution in [-0.4, -0.2) is 84.9 Å². The lowest BCUT2D eigenvalue weighted by Crippen LogP contribution is -2.69. The minimum Gasteiger partial charge on any atom is -0.493 e. The first kappa shape index (κ1) is 37.4. The molecule has 6 rings (SSSR count). The van der Waals surface area contributed by atoms with Gasteiger partial charge in [-0.05, 0) is 86.3 Å². The molecule has 3 aliphatic carbocycles. The first-order valence-corrected chi connectivity index (χ1v) is 19.6. The van der Waals surface area contributed by atoms with Crippen LogP contribution in [0.5, 0.6) is 11.5 Å². The average molecular weight is 719 g/mol. The number of hydrogen-bond acceptors (Lipinski definition) is 9. The van der Waals surface area contributed by atoms with Crippen LogP contribution in [0.1, 0.15) is 69.3 Å². The van der Waals surface area contributed by atoms with Gasteiger partial charge < -0.3 is 34.2 Å². The van der Waals surface area contributed by atoms with Crippen LogP contribution in [-0.2, 0) is 14.4 Å². The molecule has 0 unspecified atom stereocenters. The second kappa shape index (κ2) is 17.5. The maximum atomic E-state index is 13.8. The summed E-state index contributed by atoms with van der Waals surface area (Å²) in [5, 5.41) is 24.2. The number of hydrogen-bond donors (Lipinski definition) is 2. The Labute approximate surface area is 307 Å². The molecule has 0 radical (unpaired) electrons. The number of unbranched alkanes of at least 4 members (excludes halogenated alkanes) is 2. The van der Waals surface area contributed by atoms with Gasteiger partial charge in [0.25, 0.3) is 0 Å². The van der Waals surface area contributed by atoms with E-state index in [1.807, 2.05) is 42.3 Å². The van der Waals surface area contributed by atoms with Crippen molar-refractivity contribution < 1.29 is 34.1 Å². The van der Waals surface area contributed by atoms with E-state index in [1.165, 1.54) is 4.90 Å². The molecule has 6 atom stereocenters. The highest BCUT2D eigenvalue weighted by molar-refractivity contribution is 7.99. The Hall–Kier alpha value is -3.31. The second-order valence-electron chi connectivity index (χ2n) is 14.2. The smallest absolute Gasteiger partial charge is 0.239 e. The molecule has 2 saturated carbocycles. The fourth-order valence-electron chi connectivity index (χ4n) is 8.54. The van der Waals surface area contributed by atoms with Gasteiger partial charge in [0.05, 0.1) is 24.8 Å². The summed E-state index contributed by atoms with van der Waals surface area (Å²) < 4.78 is 20.5. The molecular weight excluding hydrogens is 665 g/mol. The van der Waals surface area contributed by atoms with Crippen molar-refractivity contribution in [2.24, 2.45) is 28.8 Å². The first-order chi connectivity index (χ1) is 24.9. The van der Waals surface area contributed by atoms with E-state index in [0.717, 1.165) is 85.5 Å². The maximum absolute atomic E-state index is 13.8. The summed E-state index contributed by atoms with van der Waals surface area (Å²) >= 11 is 1.77. The highest BCUT2D eigenvalue weighted by Crippen LogP contribution is 2.62. The molecule has 1 heterocycles. The van der Waals surface area contributed by atoms with Gasteiger partial charge in [0.15, 0.2) is 0 Å². The lowest BCUT2D eigenvalue weighted by Gasteiger charge is -2.59. The van der Waals surface area contributed by atoms with Crippen LogP contribution < -0.4 is 9.47 Å². The summed E-state index contributed by atoms with van der Waals surface area (Å²) in [5.41, 5.74) is 2.91. The third-order valence-electron chi connectivity index (χ3n) is 11.0. The molecule has 276 valence electrons. The number of aliphatic hydroxyl groups excluding tert-OH is 2. The maximum Gasteiger partial charge on any atom is 0.239 e. The lowest BCUT2D eigenvalue weighted by molar-refractivity contribution is -0.255. The summed E-state index contributed by atoms with van der Waals surface area (Å²) in [6.07, 6.45) is 11.3. The molecule has 0 aromatic heterocycles. The third kappa shape index (κ3) is 8.19. The van der Waals surface area contributed by atoms with Crippen LogP contribution in [0.4, 0.5) is 0 Å². The van der Waals surface area contributed by atoms with Crippen molar-refractivity contribution in [3.05, 3.63) is 78.4 Å². The molecule has 0 saturated heterocycles. The van der Waals surface area contributed by atoms with E-state index >= 15 is 0 Å². The van der Waals surface area contributed by atoms with E-state index in [-0.39, 0.29) is 55.3 Å². The number of thioether (sulfide) groups is 1. The molecule has 51 heavy (non-hydrogen) atoms. The predicted octanol–water partition coefficient (Wildman–Crippen LogP) is 6.99. The minimum absolute atomic E-state index is 0.0196. The van der Waals surface area contributed by atoms with E-state index in [4.69, 9.17) is 19.0 Å². The number of benzene rings is 2. The normalized spacial score (nSPS) is 27.1. The molecule has 2 N–H and O–H groups in total. The Bertz CT molecular complexity index is 1550. The summed E-state index contributed by atoms with van der Waals surface area (Å²) in [6.45, 7) is 5.08. The summed E-state index contributed by atoms with van der Waals surface area (Å²) in [7, 11) is 3.45. The number of amides is 1. The lowest BCUT2D eigenvalue weighted by atomic mass is 9.55. The van der Waals surface area contributed by atoms with Crippen molar-refractivity contribution in [1.29, 1.82) is 0 Å². The Morgan fingerprint density at radius 3 is 2.57 bits per heavy atom. The van der Waals surface area contributed by atoms with Crippen molar-refractivity contribution >= 4 is 23.4 Å². The summed E-state index contributed by atoms with van der Waals surface area (Å²) in [5.74, 6) is 1.24. The molecule has 1 amide bonds. The van der Waals surface area contributed by atoms with Crippen molar-refractivity contribution in [1.82, 2.24) is 4.90 Å². The monoisotopic (exact) mass is 718 g/mol. The molecule has 4 aliphatic rings. The zero-order valence-corrected chi connectivity index (χ0v) is 30.9. The van der Waals surface area contributed by atoms with Gasteiger partial charge in [-0.25, -0.2) is 0 Å². The zero-order chi connectivity index (χ0) is 35.8. The van der Waals surface area contributed by atoms with Crippen molar-refractivity contribution in [2.75, 3.05) is 46.3 Å². The highest BCUT2D eigenvalue weighted by atomic mass is 32.2. The number of carbonyl (C=O) groups is 1. The molecular formula is C41H54N2O7S. The second-order valence-corrected chi connectivity index (χ2v) is 15.4. The molecule has 1 aliphatic heterocycles. The highest BCUT2D eigenvalue weighted by Gasteiger charge is 2.65. The number of allylic oxidation sites excluding steroid dienone is 1. The number of aliphatic hydroxyl groups is 2. The molecule has 0 bridgehead atoms. The fourth-order valence-corrected chi connectivity index (χ4v) is 9.29. The Morgan fingerprint density at radius 2 is 1.86 bits per heavy atom. The van der Waals surface area contributed by atoms with E-state index in [0.29, 0.717) is 13.0 Å². The third-order valence-corrected chi connectivity index (χ3v) is 11.9. The quantitative estimate of drug-likeness (QED) is 0.0693. The van der Waals surface area contributed by atoms with E-state index in [9.17, 15) is 15.0 Å². The van der Waals surface area contributed by atoms with Crippen LogP contribution in [0, 0.1) is 23.7 Å². The van der Waals surface area contributed by atoms with Crippen molar-refractivity contribution in [3.63, 3.8) is 0 Å². The predicted molar refractivity (Wildman–Crippen MR) is 200 cm³/mol. The Kier molecular flexibility index (Phi) is 12.8. The largest absolute Gasteiger partial charge is 0.493 e. The van der Waals surface area contributed by atoms with Crippen LogP contribution in [0.2, 0.25) is 0 Å². The van der Waals surface area contributed by atoms with Gasteiger partial charge in [-0.2, -0.15) is 0 Å². The van der Waals surface area contributed by atoms with Crippen molar-refractivity contribution in [2.45, 2.75) is 80.4 Å². The van der Waals surface area contributed by atoms with E-state index in [2.05, 4.69) is 36.0 Å². The Morgan fingerprint density at radius 1 is 1.10 bits per heavy atom. The SMILES string of the molecule is C=CCO[C@@]12Oc3ccc(OCCSc4ccccc4)cc3[C@H]3[C@H](CCCCO)[C@@H](CCCCO)C=C(C(=NOC)C[C@@H]1N(C)C(=O)C1CC1)[C@H]32. The van der Waals surface area contributed by atoms with Crippen LogP contribution >= 0.6 is 11.8 Å². The zero-order valence-electron chi connectivity index (χ0n) is 30.1. The van der Waals surface area contributed by atoms with Gasteiger partial charge in [0.2, 0.25) is 11.7 Å². The number of fused-ring (bicyclic) bond motifs is 2. The van der Waals surface area contributed by atoms with Crippen LogP contribution in [0.3, 0.4) is 0 Å². The molecule has 2 aromatic carbocycles. The van der Waals surface area contributed by atoms with E-state index in [1.54, 1.807) is 24.9 Å². The topological polar surface area (TPSA) is 110 Å². The number of nitrogens with zero attached hydrogens (tertiary/aromatic N) is 2. The minimum atomic E-state index is -1.20. The van der Waals surface area contributed by atoms with Gasteiger partial charge >= 0.3 is 0 Å². The Balaban J connectivity index is 1.45. The number of rotatable bonds is 19. The van der Waals surface area contributed by atoms with Crippen LogP contribution in [0.25, 0.3) is 0 Å². The molecule has 2 fully saturated rings.